The molecule has 1 aromatic carbocycles. The number of hydrogen-bond donors (Lipinski definition) is 1. The highest BCUT2D eigenvalue weighted by Crippen LogP contribution is 2.20. The summed E-state index contributed by atoms with van der Waals surface area (Å²) in [5.41, 5.74) is 2.24. The van der Waals surface area contributed by atoms with E-state index in [1.807, 2.05) is 6.07 Å². The van der Waals surface area contributed by atoms with E-state index in [0.29, 0.717) is 6.04 Å². The zero-order chi connectivity index (χ0) is 13.1. The van der Waals surface area contributed by atoms with Crippen LogP contribution in [-0.2, 0) is 6.54 Å². The maximum Gasteiger partial charge on any atom is 0.134 e. The van der Waals surface area contributed by atoms with Crippen molar-refractivity contribution in [1.29, 1.82) is 0 Å². The molecule has 18 heavy (non-hydrogen) atoms. The summed E-state index contributed by atoms with van der Waals surface area (Å²) in [6.45, 7) is 6.10. The number of nitrogens with zero attached hydrogens (tertiary/aromatic N) is 1. The van der Waals surface area contributed by atoms with E-state index in [0.717, 1.165) is 24.4 Å². The lowest BCUT2D eigenvalue weighted by molar-refractivity contribution is 0.342. The van der Waals surface area contributed by atoms with Crippen molar-refractivity contribution < 1.29 is 4.42 Å². The first-order valence-corrected chi connectivity index (χ1v) is 6.42. The molecule has 98 valence electrons. The molecule has 0 spiro atoms. The van der Waals surface area contributed by atoms with Gasteiger partial charge in [-0.15, -0.1) is 0 Å². The van der Waals surface area contributed by atoms with E-state index in [4.69, 9.17) is 4.42 Å². The fourth-order valence-electron chi connectivity index (χ4n) is 2.19. The van der Waals surface area contributed by atoms with Crippen LogP contribution >= 0.6 is 0 Å². The van der Waals surface area contributed by atoms with Crippen LogP contribution in [0.2, 0.25) is 0 Å². The summed E-state index contributed by atoms with van der Waals surface area (Å²) in [4.78, 5) is 2.18. The van der Waals surface area contributed by atoms with Crippen molar-refractivity contribution in [3.05, 3.63) is 35.6 Å². The lowest BCUT2D eigenvalue weighted by Crippen LogP contribution is -2.35. The van der Waals surface area contributed by atoms with Gasteiger partial charge >= 0.3 is 0 Å². The minimum Gasteiger partial charge on any atom is -0.460 e. The smallest absolute Gasteiger partial charge is 0.134 e. The molecular weight excluding hydrogens is 224 g/mol. The van der Waals surface area contributed by atoms with E-state index in [2.05, 4.69) is 56.4 Å². The van der Waals surface area contributed by atoms with E-state index >= 15 is 0 Å². The molecule has 1 atom stereocenters. The summed E-state index contributed by atoms with van der Waals surface area (Å²) in [5.74, 6) is 1.00. The van der Waals surface area contributed by atoms with Gasteiger partial charge in [0.05, 0.1) is 6.54 Å². The lowest BCUT2D eigenvalue weighted by Gasteiger charge is -2.17. The van der Waals surface area contributed by atoms with Crippen molar-refractivity contribution in [3.8, 4) is 0 Å². The van der Waals surface area contributed by atoms with Gasteiger partial charge in [-0.05, 0) is 46.1 Å². The Labute approximate surface area is 109 Å². The number of furan rings is 1. The Bertz CT molecular complexity index is 516. The zero-order valence-corrected chi connectivity index (χ0v) is 11.7. The second-order valence-electron chi connectivity index (χ2n) is 5.30. The fourth-order valence-corrected chi connectivity index (χ4v) is 2.19. The summed E-state index contributed by atoms with van der Waals surface area (Å²) in [6, 6.07) is 8.85. The van der Waals surface area contributed by atoms with Gasteiger partial charge in [0.15, 0.2) is 0 Å². The van der Waals surface area contributed by atoms with E-state index in [-0.39, 0.29) is 0 Å². The standard InChI is InChI=1S/C15H22N2O/c1-11-5-6-15-13(7-11)8-14(18-15)9-16-12(2)10-17(3)4/h5-8,12,16H,9-10H2,1-4H3. The Morgan fingerprint density at radius 2 is 2.06 bits per heavy atom. The van der Waals surface area contributed by atoms with Crippen LogP contribution in [0.25, 0.3) is 11.0 Å². The summed E-state index contributed by atoms with van der Waals surface area (Å²) >= 11 is 0. The van der Waals surface area contributed by atoms with Crippen molar-refractivity contribution in [1.82, 2.24) is 10.2 Å². The van der Waals surface area contributed by atoms with Crippen molar-refractivity contribution in [2.24, 2.45) is 0 Å². The summed E-state index contributed by atoms with van der Waals surface area (Å²) in [5, 5.41) is 4.66. The minimum absolute atomic E-state index is 0.454. The van der Waals surface area contributed by atoms with E-state index in [1.165, 1.54) is 10.9 Å². The van der Waals surface area contributed by atoms with Crippen molar-refractivity contribution in [2.75, 3.05) is 20.6 Å². The predicted molar refractivity (Wildman–Crippen MR) is 75.8 cm³/mol. The number of benzene rings is 1. The highest BCUT2D eigenvalue weighted by Gasteiger charge is 2.06. The van der Waals surface area contributed by atoms with Crippen molar-refractivity contribution in [3.63, 3.8) is 0 Å². The molecule has 0 aliphatic heterocycles. The highest BCUT2D eigenvalue weighted by molar-refractivity contribution is 5.78. The molecule has 1 N–H and O–H groups in total. The Balaban J connectivity index is 1.99. The number of fused-ring (bicyclic) bond motifs is 1. The molecule has 3 nitrogen and oxygen atoms in total. The molecule has 2 rings (SSSR count). The molecule has 1 unspecified atom stereocenters. The topological polar surface area (TPSA) is 28.4 Å². The van der Waals surface area contributed by atoms with Crippen molar-refractivity contribution >= 4 is 11.0 Å². The Morgan fingerprint density at radius 3 is 2.78 bits per heavy atom. The third kappa shape index (κ3) is 3.34. The van der Waals surface area contributed by atoms with Gasteiger partial charge in [-0.25, -0.2) is 0 Å². The number of likely N-dealkylation sites (N-methyl/N-ethyl adjacent to an activating group) is 1. The number of rotatable bonds is 5. The Kier molecular flexibility index (Phi) is 4.04. The zero-order valence-electron chi connectivity index (χ0n) is 11.7. The molecule has 0 aliphatic rings. The van der Waals surface area contributed by atoms with Crippen LogP contribution in [0.5, 0.6) is 0 Å². The third-order valence-electron chi connectivity index (χ3n) is 2.99. The third-order valence-corrected chi connectivity index (χ3v) is 2.99. The average Bonchev–Trinajstić information content (AvgIpc) is 2.67. The van der Waals surface area contributed by atoms with Gasteiger partial charge in [-0.1, -0.05) is 11.6 Å². The Hall–Kier alpha value is -1.32. The van der Waals surface area contributed by atoms with E-state index in [9.17, 15) is 0 Å². The number of nitrogens with one attached hydrogen (secondary N) is 1. The maximum atomic E-state index is 5.80. The molecule has 0 aliphatic carbocycles. The molecule has 2 aromatic rings. The molecule has 0 bridgehead atoms. The summed E-state index contributed by atoms with van der Waals surface area (Å²) < 4.78 is 5.80. The van der Waals surface area contributed by atoms with Crippen LogP contribution in [-0.4, -0.2) is 31.6 Å². The van der Waals surface area contributed by atoms with Crippen molar-refractivity contribution in [2.45, 2.75) is 26.4 Å². The average molecular weight is 246 g/mol. The van der Waals surface area contributed by atoms with E-state index < -0.39 is 0 Å². The molecule has 0 radical (unpaired) electrons. The summed E-state index contributed by atoms with van der Waals surface area (Å²) in [6.07, 6.45) is 0. The second-order valence-corrected chi connectivity index (χ2v) is 5.30. The molecule has 0 saturated heterocycles. The van der Waals surface area contributed by atoms with E-state index in [1.54, 1.807) is 0 Å². The first kappa shape index (κ1) is 13.1. The molecule has 1 heterocycles. The van der Waals surface area contributed by atoms with Gasteiger partial charge in [0.25, 0.3) is 0 Å². The van der Waals surface area contributed by atoms with Gasteiger partial charge in [0.2, 0.25) is 0 Å². The number of aryl methyl sites for hydroxylation is 1. The molecule has 0 saturated carbocycles. The van der Waals surface area contributed by atoms with Crippen LogP contribution < -0.4 is 5.32 Å². The van der Waals surface area contributed by atoms with Crippen LogP contribution in [0.1, 0.15) is 18.2 Å². The highest BCUT2D eigenvalue weighted by atomic mass is 16.3. The lowest BCUT2D eigenvalue weighted by atomic mass is 10.2. The molecule has 0 fully saturated rings. The van der Waals surface area contributed by atoms with Gasteiger partial charge in [-0.3, -0.25) is 0 Å². The largest absolute Gasteiger partial charge is 0.460 e. The van der Waals surface area contributed by atoms with Gasteiger partial charge in [0.1, 0.15) is 11.3 Å². The maximum absolute atomic E-state index is 5.80. The quantitative estimate of drug-likeness (QED) is 0.879. The predicted octanol–water partition coefficient (Wildman–Crippen LogP) is 2.78. The van der Waals surface area contributed by atoms with Crippen LogP contribution in [0.4, 0.5) is 0 Å². The monoisotopic (exact) mass is 246 g/mol. The van der Waals surface area contributed by atoms with Crippen LogP contribution in [0.3, 0.4) is 0 Å². The first-order valence-electron chi connectivity index (χ1n) is 6.42. The van der Waals surface area contributed by atoms with Gasteiger partial charge in [0, 0.05) is 18.0 Å². The molecule has 3 heteroatoms. The fraction of sp³-hybridized carbons (Fsp3) is 0.467. The molecule has 0 amide bonds. The summed E-state index contributed by atoms with van der Waals surface area (Å²) in [7, 11) is 4.17. The first-order chi connectivity index (χ1) is 8.54. The van der Waals surface area contributed by atoms with Crippen LogP contribution in [0.15, 0.2) is 28.7 Å². The SMILES string of the molecule is Cc1ccc2oc(CNC(C)CN(C)C)cc2c1. The number of hydrogen-bond acceptors (Lipinski definition) is 3. The molecule has 1 aromatic heterocycles. The van der Waals surface area contributed by atoms with Gasteiger partial charge < -0.3 is 14.6 Å². The normalized spacial score (nSPS) is 13.4. The molecular formula is C15H22N2O. The second kappa shape index (κ2) is 5.55. The Morgan fingerprint density at radius 1 is 1.28 bits per heavy atom. The van der Waals surface area contributed by atoms with Gasteiger partial charge in [-0.2, -0.15) is 0 Å². The van der Waals surface area contributed by atoms with Crippen LogP contribution in [0, 0.1) is 6.92 Å². The minimum atomic E-state index is 0.454.